The number of rotatable bonds is 8. The lowest BCUT2D eigenvalue weighted by molar-refractivity contribution is 0.0689. The van der Waals surface area contributed by atoms with Crippen LogP contribution in [-0.2, 0) is 10.2 Å². The van der Waals surface area contributed by atoms with Gasteiger partial charge in [0.2, 0.25) is 0 Å². The number of nitrogens with zero attached hydrogens (tertiary/aromatic N) is 1. The van der Waals surface area contributed by atoms with Gasteiger partial charge in [0, 0.05) is 23.2 Å². The van der Waals surface area contributed by atoms with Crippen LogP contribution in [0.1, 0.15) is 50.7 Å². The molecule has 0 spiro atoms. The highest BCUT2D eigenvalue weighted by Gasteiger charge is 2.60. The Kier molecular flexibility index (Phi) is 9.13. The molecule has 10 heteroatoms. The predicted molar refractivity (Wildman–Crippen MR) is 135 cm³/mol. The average molecular weight is 536 g/mol. The van der Waals surface area contributed by atoms with Crippen LogP contribution in [-0.4, -0.2) is 47.8 Å². The van der Waals surface area contributed by atoms with Gasteiger partial charge >= 0.3 is 6.09 Å². The van der Waals surface area contributed by atoms with Crippen molar-refractivity contribution in [3.8, 4) is 6.07 Å². The number of aliphatic hydroxyl groups excluding tert-OH is 2. The van der Waals surface area contributed by atoms with E-state index in [1.807, 2.05) is 20.8 Å². The standard InChI is InChI=1S/C27H32ClF2N3O4/c1-26(2,3)13-22-27(15-31,20-8-7-17(28)12-21(20)30)23(16-5-4-6-18(29)11-16)24(33-22)37-25(36)32-10-9-19(35)14-34/h4-8,11-12,19,22-24,33-35H,9-10,13-14H2,1-3H3,(H,32,36)/t19-,22-,23-,24+,27-/m0/s1. The molecule has 200 valence electrons. The Morgan fingerprint density at radius 2 is 2.03 bits per heavy atom. The summed E-state index contributed by atoms with van der Waals surface area (Å²) >= 11 is 6.01. The normalized spacial score (nSPS) is 24.4. The van der Waals surface area contributed by atoms with Crippen molar-refractivity contribution in [3.05, 3.63) is 70.2 Å². The van der Waals surface area contributed by atoms with Crippen LogP contribution < -0.4 is 10.6 Å². The molecule has 7 nitrogen and oxygen atoms in total. The molecule has 1 fully saturated rings. The Hall–Kier alpha value is -2.77. The minimum atomic E-state index is -1.59. The van der Waals surface area contributed by atoms with Crippen molar-refractivity contribution in [2.75, 3.05) is 13.2 Å². The third-order valence-corrected chi connectivity index (χ3v) is 6.72. The summed E-state index contributed by atoms with van der Waals surface area (Å²) < 4.78 is 35.6. The van der Waals surface area contributed by atoms with Crippen molar-refractivity contribution >= 4 is 17.7 Å². The Bertz CT molecular complexity index is 1150. The third-order valence-electron chi connectivity index (χ3n) is 6.49. The van der Waals surface area contributed by atoms with E-state index in [9.17, 15) is 19.6 Å². The first-order chi connectivity index (χ1) is 17.4. The number of benzene rings is 2. The van der Waals surface area contributed by atoms with Crippen LogP contribution in [0.3, 0.4) is 0 Å². The largest absolute Gasteiger partial charge is 0.430 e. The van der Waals surface area contributed by atoms with Gasteiger partial charge in [-0.05, 0) is 48.1 Å². The lowest BCUT2D eigenvalue weighted by atomic mass is 9.63. The summed E-state index contributed by atoms with van der Waals surface area (Å²) in [7, 11) is 0. The Morgan fingerprint density at radius 1 is 1.30 bits per heavy atom. The second kappa shape index (κ2) is 11.7. The molecule has 0 unspecified atom stereocenters. The number of nitrogens with one attached hydrogen (secondary N) is 2. The highest BCUT2D eigenvalue weighted by Crippen LogP contribution is 2.52. The lowest BCUT2D eigenvalue weighted by Gasteiger charge is -2.37. The van der Waals surface area contributed by atoms with Crippen LogP contribution in [0.4, 0.5) is 13.6 Å². The first kappa shape index (κ1) is 28.8. The number of aliphatic hydroxyl groups is 2. The second-order valence-electron chi connectivity index (χ2n) is 10.5. The van der Waals surface area contributed by atoms with E-state index in [2.05, 4.69) is 16.7 Å². The molecule has 0 saturated carbocycles. The van der Waals surface area contributed by atoms with E-state index in [1.54, 1.807) is 6.07 Å². The molecule has 3 rings (SSSR count). The summed E-state index contributed by atoms with van der Waals surface area (Å²) in [5, 5.41) is 35.1. The van der Waals surface area contributed by atoms with Crippen molar-refractivity contribution in [1.29, 1.82) is 5.26 Å². The first-order valence-electron chi connectivity index (χ1n) is 12.0. The molecule has 0 bridgehead atoms. The number of halogens is 3. The highest BCUT2D eigenvalue weighted by molar-refractivity contribution is 6.30. The summed E-state index contributed by atoms with van der Waals surface area (Å²) in [5.74, 6) is -2.23. The molecular formula is C27H32ClF2N3O4. The quantitative estimate of drug-likeness (QED) is 0.399. The van der Waals surface area contributed by atoms with Gasteiger partial charge in [-0.1, -0.05) is 50.6 Å². The van der Waals surface area contributed by atoms with Crippen molar-refractivity contribution in [2.24, 2.45) is 5.41 Å². The van der Waals surface area contributed by atoms with E-state index < -0.39 is 54.0 Å². The summed E-state index contributed by atoms with van der Waals surface area (Å²) in [6.45, 7) is 5.49. The van der Waals surface area contributed by atoms with Crippen LogP contribution in [0.25, 0.3) is 0 Å². The van der Waals surface area contributed by atoms with Crippen LogP contribution in [0.15, 0.2) is 42.5 Å². The number of ether oxygens (including phenoxy) is 1. The summed E-state index contributed by atoms with van der Waals surface area (Å²) in [6, 6.07) is 11.3. The van der Waals surface area contributed by atoms with Gasteiger partial charge in [0.25, 0.3) is 0 Å². The summed E-state index contributed by atoms with van der Waals surface area (Å²) in [6.07, 6.45) is -2.46. The van der Waals surface area contributed by atoms with Crippen molar-refractivity contribution in [2.45, 2.75) is 63.3 Å². The van der Waals surface area contributed by atoms with Crippen molar-refractivity contribution in [1.82, 2.24) is 10.6 Å². The fourth-order valence-corrected chi connectivity index (χ4v) is 5.09. The molecule has 0 aromatic heterocycles. The minimum absolute atomic E-state index is 0.0263. The minimum Gasteiger partial charge on any atom is -0.430 e. The van der Waals surface area contributed by atoms with Crippen LogP contribution in [0.5, 0.6) is 0 Å². The lowest BCUT2D eigenvalue weighted by Crippen LogP contribution is -2.44. The summed E-state index contributed by atoms with van der Waals surface area (Å²) in [4.78, 5) is 12.7. The van der Waals surface area contributed by atoms with E-state index in [4.69, 9.17) is 21.4 Å². The van der Waals surface area contributed by atoms with Crippen LogP contribution in [0, 0.1) is 28.4 Å². The molecule has 1 amide bonds. The molecule has 5 atom stereocenters. The van der Waals surface area contributed by atoms with E-state index in [-0.39, 0.29) is 29.0 Å². The molecule has 1 aliphatic rings. The molecule has 1 heterocycles. The topological polar surface area (TPSA) is 115 Å². The maximum absolute atomic E-state index is 15.5. The van der Waals surface area contributed by atoms with Crippen molar-refractivity contribution < 1.29 is 28.5 Å². The van der Waals surface area contributed by atoms with E-state index in [0.717, 1.165) is 6.07 Å². The van der Waals surface area contributed by atoms with Gasteiger partial charge in [-0.3, -0.25) is 5.32 Å². The number of amides is 1. The van der Waals surface area contributed by atoms with E-state index in [0.29, 0.717) is 12.0 Å². The molecule has 37 heavy (non-hydrogen) atoms. The van der Waals surface area contributed by atoms with Crippen molar-refractivity contribution in [3.63, 3.8) is 0 Å². The monoisotopic (exact) mass is 535 g/mol. The Balaban J connectivity index is 2.11. The van der Waals surface area contributed by atoms with Gasteiger partial charge in [0.15, 0.2) is 6.23 Å². The molecule has 1 saturated heterocycles. The first-order valence-corrected chi connectivity index (χ1v) is 12.4. The molecule has 4 N–H and O–H groups in total. The number of carbonyl (C=O) groups is 1. The Labute approximate surface area is 220 Å². The number of hydrogen-bond acceptors (Lipinski definition) is 6. The number of hydrogen-bond donors (Lipinski definition) is 4. The van der Waals surface area contributed by atoms with Gasteiger partial charge in [0.1, 0.15) is 17.0 Å². The molecule has 2 aromatic carbocycles. The zero-order valence-electron chi connectivity index (χ0n) is 21.0. The highest BCUT2D eigenvalue weighted by atomic mass is 35.5. The van der Waals surface area contributed by atoms with E-state index >= 15 is 4.39 Å². The Morgan fingerprint density at radius 3 is 2.62 bits per heavy atom. The molecular weight excluding hydrogens is 504 g/mol. The van der Waals surface area contributed by atoms with Gasteiger partial charge in [0.05, 0.1) is 24.7 Å². The smallest absolute Gasteiger partial charge is 0.408 e. The predicted octanol–water partition coefficient (Wildman–Crippen LogP) is 4.37. The number of carbonyl (C=O) groups excluding carboxylic acids is 1. The number of nitriles is 1. The van der Waals surface area contributed by atoms with Gasteiger partial charge in [-0.15, -0.1) is 0 Å². The molecule has 0 radical (unpaired) electrons. The molecule has 2 aromatic rings. The number of alkyl carbamates (subject to hydrolysis) is 1. The van der Waals surface area contributed by atoms with Crippen LogP contribution in [0.2, 0.25) is 5.02 Å². The molecule has 1 aliphatic heterocycles. The maximum Gasteiger partial charge on any atom is 0.408 e. The van der Waals surface area contributed by atoms with E-state index in [1.165, 1.54) is 30.3 Å². The fraction of sp³-hybridized carbons (Fsp3) is 0.481. The SMILES string of the molecule is CC(C)(C)C[C@@H]1N[C@H](OC(=O)NCC[C@H](O)CO)[C@H](c2cccc(F)c2)[C@@]1(C#N)c1ccc(Cl)cc1F. The van der Waals surface area contributed by atoms with Gasteiger partial charge in [-0.25, -0.2) is 13.6 Å². The maximum atomic E-state index is 15.5. The third kappa shape index (κ3) is 6.57. The average Bonchev–Trinajstić information content (AvgIpc) is 3.10. The second-order valence-corrected chi connectivity index (χ2v) is 10.9. The van der Waals surface area contributed by atoms with Gasteiger partial charge in [-0.2, -0.15) is 5.26 Å². The fourth-order valence-electron chi connectivity index (χ4n) is 4.93. The zero-order chi connectivity index (χ0) is 27.4. The zero-order valence-corrected chi connectivity index (χ0v) is 21.7. The van der Waals surface area contributed by atoms with Crippen LogP contribution >= 0.6 is 11.6 Å². The molecule has 0 aliphatic carbocycles. The van der Waals surface area contributed by atoms with Gasteiger partial charge < -0.3 is 20.3 Å². The summed E-state index contributed by atoms with van der Waals surface area (Å²) in [5.41, 5.74) is -1.48.